The molecule has 1 aromatic heterocycles. The van der Waals surface area contributed by atoms with E-state index in [1.807, 2.05) is 65.8 Å². The molecule has 0 bridgehead atoms. The summed E-state index contributed by atoms with van der Waals surface area (Å²) in [7, 11) is 3.18. The predicted molar refractivity (Wildman–Crippen MR) is 324 cm³/mol. The second kappa shape index (κ2) is 41.0. The zero-order valence-electron chi connectivity index (χ0n) is 52.4. The highest BCUT2D eigenvalue weighted by Gasteiger charge is 2.49. The second-order valence-electron chi connectivity index (χ2n) is 22.1. The van der Waals surface area contributed by atoms with Gasteiger partial charge in [0.2, 0.25) is 29.5 Å². The fourth-order valence-corrected chi connectivity index (χ4v) is 10.8. The molecule has 0 saturated carbocycles. The maximum Gasteiger partial charge on any atom is 0.320 e. The average molecular weight is 1230 g/mol. The van der Waals surface area contributed by atoms with Gasteiger partial charge >= 0.3 is 11.9 Å². The molecule has 0 spiro atoms. The summed E-state index contributed by atoms with van der Waals surface area (Å²) in [6.07, 6.45) is 22.0. The number of rotatable bonds is 46. The molecule has 2 fully saturated rings. The van der Waals surface area contributed by atoms with Gasteiger partial charge in [0.05, 0.1) is 94.7 Å². The summed E-state index contributed by atoms with van der Waals surface area (Å²) in [6.45, 7) is 13.4. The molecule has 5 amide bonds. The van der Waals surface area contributed by atoms with Crippen molar-refractivity contribution in [2.24, 2.45) is 17.7 Å². The fourth-order valence-electron chi connectivity index (χ4n) is 10.8. The number of nitrogens with zero attached hydrogens (tertiary/aromatic N) is 5. The normalized spacial score (nSPS) is 20.6. The zero-order valence-corrected chi connectivity index (χ0v) is 52.4. The van der Waals surface area contributed by atoms with Crippen molar-refractivity contribution in [1.29, 1.82) is 0 Å². The van der Waals surface area contributed by atoms with Crippen molar-refractivity contribution >= 4 is 41.5 Å². The number of aliphatic carboxylic acids is 2. The number of carboxylic acids is 2. The lowest BCUT2D eigenvalue weighted by Gasteiger charge is -2.42. The topological polar surface area (TPSA) is 351 Å². The number of hydrogen-bond donors (Lipinski definition) is 9. The van der Waals surface area contributed by atoms with Crippen LogP contribution in [0, 0.1) is 24.2 Å². The van der Waals surface area contributed by atoms with Gasteiger partial charge in [-0.05, 0) is 71.6 Å². The van der Waals surface area contributed by atoms with E-state index in [1.54, 1.807) is 32.7 Å². The smallest absolute Gasteiger partial charge is 0.320 e. The molecule has 0 aromatic carbocycles. The SMILES string of the molecule is C#CCOCCOCCOCCOCCC(=O)N(CC(=O)NCCN(N)/C=C/CCC(=O)N[C@H]([C@@H]1N[C@@H](C(=O)O)C[C@H]1/C=C\C)[C@](C)(CCC)OC)CC(=O)NCCn1cc(CCC(=O)N[C@H]([C@@H]2N[C@@H](C(=O)O)C[C@H]2/C=C\C)[C@](C)(CCC)OC)nn1. The lowest BCUT2D eigenvalue weighted by Crippen LogP contribution is -2.62. The van der Waals surface area contributed by atoms with Gasteiger partial charge in [-0.3, -0.25) is 48.9 Å². The number of aromatic nitrogens is 3. The number of amides is 5. The second-order valence-corrected chi connectivity index (χ2v) is 22.1. The van der Waals surface area contributed by atoms with E-state index in [0.717, 1.165) is 17.7 Å². The summed E-state index contributed by atoms with van der Waals surface area (Å²) < 4.78 is 35.2. The molecule has 490 valence electrons. The van der Waals surface area contributed by atoms with Gasteiger partial charge < -0.3 is 69.8 Å². The van der Waals surface area contributed by atoms with E-state index in [-0.39, 0.29) is 108 Å². The lowest BCUT2D eigenvalue weighted by molar-refractivity contribution is -0.140. The molecule has 10 atom stereocenters. The highest BCUT2D eigenvalue weighted by Crippen LogP contribution is 2.34. The van der Waals surface area contributed by atoms with E-state index >= 15 is 0 Å². The average Bonchev–Trinajstić information content (AvgIpc) is 2.01. The number of carbonyl (C=O) groups excluding carboxylic acids is 5. The van der Waals surface area contributed by atoms with Crippen LogP contribution >= 0.6 is 0 Å². The highest BCUT2D eigenvalue weighted by molar-refractivity contribution is 5.89. The van der Waals surface area contributed by atoms with Crippen molar-refractivity contribution in [3.8, 4) is 12.3 Å². The first kappa shape index (κ1) is 74.9. The Balaban J connectivity index is 1.55. The first-order valence-electron chi connectivity index (χ1n) is 30.3. The molecule has 2 aliphatic rings. The maximum atomic E-state index is 13.6. The van der Waals surface area contributed by atoms with E-state index in [0.29, 0.717) is 64.2 Å². The number of aryl methyl sites for hydroxylation is 1. The molecule has 0 radical (unpaired) electrons. The highest BCUT2D eigenvalue weighted by atomic mass is 16.6. The third-order valence-corrected chi connectivity index (χ3v) is 15.5. The van der Waals surface area contributed by atoms with Crippen LogP contribution in [0.15, 0.2) is 42.8 Å². The molecule has 1 aromatic rings. The molecular weight excluding hydrogens is 1130 g/mol. The molecular formula is C60H100N12O15. The molecule has 3 rings (SSSR count). The number of allylic oxidation sites excluding steroid dienone is 3. The Morgan fingerprint density at radius 1 is 0.759 bits per heavy atom. The lowest BCUT2D eigenvalue weighted by atomic mass is 9.81. The Labute approximate surface area is 513 Å². The number of hydrogen-bond acceptors (Lipinski definition) is 19. The standard InChI is InChI=1S/C60H100N12O15/c1-10-17-43-38-46(57(78)79)64-53(43)55(59(6,82-8)23-12-3)66-48(73)19-15-16-27-71(61)28-25-62-50(75)41-70(52(77)22-31-85-33-35-87-37-36-86-34-32-84-30-14-5)42-51(76)63-26-29-72-40-45(68-69-72)20-21-49(74)67-56(60(7,83-9)24-13-4)54-44(18-11-2)39-47(65-54)58(80)81/h5,10-11,16-18,27,40,43-44,46-47,53-56,64-65H,12-13,15,19-26,28-39,41-42,61H2,1-4,6-9H3,(H,62,75)(H,63,76)(H,66,73)(H,67,74)(H,78,79)(H,80,81)/b17-10-,18-11-,27-16+/t43-,44-,46-,47-,53-,54-,55-,56-,59+,60+/m1/s1. The minimum absolute atomic E-state index is 0.000754. The third kappa shape index (κ3) is 26.9. The minimum Gasteiger partial charge on any atom is -0.480 e. The van der Waals surface area contributed by atoms with Crippen LogP contribution in [-0.4, -0.2) is 224 Å². The largest absolute Gasteiger partial charge is 0.480 e. The third-order valence-electron chi connectivity index (χ3n) is 15.5. The van der Waals surface area contributed by atoms with Gasteiger partial charge in [-0.15, -0.1) is 11.5 Å². The van der Waals surface area contributed by atoms with Crippen LogP contribution in [0.5, 0.6) is 0 Å². The van der Waals surface area contributed by atoms with E-state index in [4.69, 9.17) is 40.7 Å². The summed E-state index contributed by atoms with van der Waals surface area (Å²) in [4.78, 5) is 92.3. The van der Waals surface area contributed by atoms with Crippen LogP contribution in [0.25, 0.3) is 0 Å². The predicted octanol–water partition coefficient (Wildman–Crippen LogP) is 1.23. The fraction of sp³-hybridized carbons (Fsp3) is 0.717. The minimum atomic E-state index is -0.958. The van der Waals surface area contributed by atoms with E-state index in [9.17, 15) is 43.8 Å². The van der Waals surface area contributed by atoms with E-state index in [2.05, 4.69) is 48.1 Å². The summed E-state index contributed by atoms with van der Waals surface area (Å²) in [5.74, 6) is 4.27. The molecule has 2 aliphatic heterocycles. The van der Waals surface area contributed by atoms with E-state index in [1.165, 1.54) is 9.69 Å². The number of carboxylic acid groups (broad SMARTS) is 2. The number of hydrazine groups is 1. The van der Waals surface area contributed by atoms with Crippen molar-refractivity contribution in [1.82, 2.24) is 56.8 Å². The molecule has 0 unspecified atom stereocenters. The number of methoxy groups -OCH3 is 2. The van der Waals surface area contributed by atoms with Crippen LogP contribution in [0.3, 0.4) is 0 Å². The van der Waals surface area contributed by atoms with Crippen molar-refractivity contribution < 1.29 is 72.2 Å². The van der Waals surface area contributed by atoms with Crippen molar-refractivity contribution in [2.45, 2.75) is 166 Å². The molecule has 2 saturated heterocycles. The van der Waals surface area contributed by atoms with Gasteiger partial charge in [-0.2, -0.15) is 0 Å². The summed E-state index contributed by atoms with van der Waals surface area (Å²) in [6, 6.07) is -3.40. The Morgan fingerprint density at radius 3 is 1.74 bits per heavy atom. The zero-order chi connectivity index (χ0) is 64.2. The first-order valence-corrected chi connectivity index (χ1v) is 30.3. The van der Waals surface area contributed by atoms with Crippen molar-refractivity contribution in [2.75, 3.05) is 99.8 Å². The first-order chi connectivity index (χ1) is 41.7. The molecule has 27 heteroatoms. The number of nitrogens with two attached hydrogens (primary N) is 1. The summed E-state index contributed by atoms with van der Waals surface area (Å²) in [5, 5.41) is 47.6. The number of terminal acetylenes is 1. The van der Waals surface area contributed by atoms with Crippen LogP contribution in [0.4, 0.5) is 0 Å². The van der Waals surface area contributed by atoms with Gasteiger partial charge in [-0.25, -0.2) is 5.84 Å². The Morgan fingerprint density at radius 2 is 1.25 bits per heavy atom. The summed E-state index contributed by atoms with van der Waals surface area (Å²) >= 11 is 0. The van der Waals surface area contributed by atoms with Gasteiger partial charge in [0.25, 0.3) is 0 Å². The number of carbonyl (C=O) groups is 7. The Bertz CT molecular complexity index is 2400. The number of nitrogens with one attached hydrogen (secondary N) is 6. The monoisotopic (exact) mass is 1230 g/mol. The molecule has 87 heavy (non-hydrogen) atoms. The molecule has 27 nitrogen and oxygen atoms in total. The van der Waals surface area contributed by atoms with Crippen molar-refractivity contribution in [3.05, 3.63) is 48.5 Å². The van der Waals surface area contributed by atoms with Gasteiger partial charge in [-0.1, -0.05) is 68.2 Å². The van der Waals surface area contributed by atoms with Gasteiger partial charge in [0, 0.05) is 71.1 Å². The van der Waals surface area contributed by atoms with Crippen LogP contribution in [0.1, 0.15) is 111 Å². The quantitative estimate of drug-likeness (QED) is 0.0146. The molecule has 0 aliphatic carbocycles. The Hall–Kier alpha value is -6.35. The molecule has 3 heterocycles. The Kier molecular flexibility index (Phi) is 35.3. The van der Waals surface area contributed by atoms with Gasteiger partial charge in [0.15, 0.2) is 0 Å². The van der Waals surface area contributed by atoms with E-state index < -0.39 is 84.2 Å². The van der Waals surface area contributed by atoms with Crippen molar-refractivity contribution in [3.63, 3.8) is 0 Å². The van der Waals surface area contributed by atoms with Gasteiger partial charge in [0.1, 0.15) is 31.8 Å². The van der Waals surface area contributed by atoms with Crippen LogP contribution < -0.4 is 37.7 Å². The van der Waals surface area contributed by atoms with Crippen LogP contribution in [0.2, 0.25) is 0 Å². The van der Waals surface area contributed by atoms with Crippen LogP contribution in [-0.2, 0) is 74.9 Å². The maximum absolute atomic E-state index is 13.6. The summed E-state index contributed by atoms with van der Waals surface area (Å²) in [5.41, 5.74) is -1.04. The number of ether oxygens (including phenoxy) is 6. The molecule has 10 N–H and O–H groups in total.